The van der Waals surface area contributed by atoms with Crippen LogP contribution in [0, 0.1) is 5.92 Å². The average Bonchev–Trinajstić information content (AvgIpc) is 2.49. The highest BCUT2D eigenvalue weighted by atomic mass is 16.5. The summed E-state index contributed by atoms with van der Waals surface area (Å²) < 4.78 is 10.6. The van der Waals surface area contributed by atoms with Crippen molar-refractivity contribution in [1.29, 1.82) is 0 Å². The van der Waals surface area contributed by atoms with Crippen LogP contribution < -0.4 is 14.9 Å². The number of ether oxygens (including phenoxy) is 2. The largest absolute Gasteiger partial charge is 0.493 e. The van der Waals surface area contributed by atoms with Gasteiger partial charge in [0.25, 0.3) is 5.91 Å². The first-order chi connectivity index (χ1) is 10.0. The molecule has 0 unspecified atom stereocenters. The van der Waals surface area contributed by atoms with Crippen LogP contribution in [0.4, 0.5) is 0 Å². The molecule has 0 heterocycles. The summed E-state index contributed by atoms with van der Waals surface area (Å²) in [6, 6.07) is 7.20. The van der Waals surface area contributed by atoms with Crippen molar-refractivity contribution in [3.8, 4) is 11.5 Å². The van der Waals surface area contributed by atoms with Gasteiger partial charge in [0, 0.05) is 5.71 Å². The summed E-state index contributed by atoms with van der Waals surface area (Å²) in [6.07, 6.45) is 1.94. The van der Waals surface area contributed by atoms with Crippen molar-refractivity contribution < 1.29 is 14.3 Å². The molecular weight excluding hydrogens is 268 g/mol. The van der Waals surface area contributed by atoms with E-state index in [0.717, 1.165) is 18.6 Å². The second-order valence-corrected chi connectivity index (χ2v) is 5.25. The summed E-state index contributed by atoms with van der Waals surface area (Å²) in [5.74, 6) is 1.47. The van der Waals surface area contributed by atoms with Crippen LogP contribution in [0.1, 0.15) is 33.6 Å². The zero-order valence-electron chi connectivity index (χ0n) is 13.2. The van der Waals surface area contributed by atoms with E-state index in [4.69, 9.17) is 9.47 Å². The molecule has 0 aromatic heterocycles. The molecule has 1 amide bonds. The summed E-state index contributed by atoms with van der Waals surface area (Å²) >= 11 is 0. The van der Waals surface area contributed by atoms with Crippen molar-refractivity contribution in [2.75, 3.05) is 13.7 Å². The summed E-state index contributed by atoms with van der Waals surface area (Å²) in [7, 11) is 1.56. The van der Waals surface area contributed by atoms with E-state index >= 15 is 0 Å². The number of carbonyl (C=O) groups is 1. The van der Waals surface area contributed by atoms with Gasteiger partial charge in [0.1, 0.15) is 0 Å². The molecule has 0 fully saturated rings. The highest BCUT2D eigenvalue weighted by Crippen LogP contribution is 2.25. The summed E-state index contributed by atoms with van der Waals surface area (Å²) in [5.41, 5.74) is 3.41. The third-order valence-corrected chi connectivity index (χ3v) is 2.88. The first-order valence-electron chi connectivity index (χ1n) is 7.10. The molecule has 5 nitrogen and oxygen atoms in total. The Morgan fingerprint density at radius 3 is 2.57 bits per heavy atom. The quantitative estimate of drug-likeness (QED) is 0.592. The Labute approximate surface area is 126 Å². The minimum Gasteiger partial charge on any atom is -0.493 e. The van der Waals surface area contributed by atoms with E-state index in [0.29, 0.717) is 17.4 Å². The number of benzene rings is 1. The lowest BCUT2D eigenvalue weighted by Gasteiger charge is -2.09. The Morgan fingerprint density at radius 1 is 1.29 bits per heavy atom. The van der Waals surface area contributed by atoms with Gasteiger partial charge in [0.05, 0.1) is 7.11 Å². The third kappa shape index (κ3) is 6.79. The maximum absolute atomic E-state index is 11.7. The van der Waals surface area contributed by atoms with E-state index in [9.17, 15) is 4.79 Å². The van der Waals surface area contributed by atoms with Crippen LogP contribution in [0.5, 0.6) is 11.5 Å². The Kier molecular flexibility index (Phi) is 7.29. The van der Waals surface area contributed by atoms with E-state index < -0.39 is 0 Å². The van der Waals surface area contributed by atoms with Crippen LogP contribution in [-0.2, 0) is 4.79 Å². The van der Waals surface area contributed by atoms with Crippen LogP contribution in [0.15, 0.2) is 29.4 Å². The van der Waals surface area contributed by atoms with E-state index in [1.807, 2.05) is 19.1 Å². The molecule has 0 atom stereocenters. The van der Waals surface area contributed by atoms with Gasteiger partial charge >= 0.3 is 0 Å². The number of hydrogen-bond acceptors (Lipinski definition) is 4. The van der Waals surface area contributed by atoms with E-state index in [1.54, 1.807) is 19.2 Å². The minimum atomic E-state index is -0.287. The molecule has 0 saturated carbocycles. The van der Waals surface area contributed by atoms with Crippen molar-refractivity contribution in [1.82, 2.24) is 5.43 Å². The Hall–Kier alpha value is -2.04. The predicted molar refractivity (Wildman–Crippen MR) is 83.8 cm³/mol. The first-order valence-corrected chi connectivity index (χ1v) is 7.10. The topological polar surface area (TPSA) is 59.9 Å². The molecule has 116 valence electrons. The Morgan fingerprint density at radius 2 is 1.95 bits per heavy atom. The minimum absolute atomic E-state index is 0.0959. The molecule has 1 rings (SSSR count). The molecule has 0 aliphatic carbocycles. The van der Waals surface area contributed by atoms with E-state index in [2.05, 4.69) is 24.4 Å². The maximum atomic E-state index is 11.7. The van der Waals surface area contributed by atoms with Crippen LogP contribution in [0.3, 0.4) is 0 Å². The molecule has 0 aliphatic heterocycles. The van der Waals surface area contributed by atoms with Crippen LogP contribution in [-0.4, -0.2) is 25.3 Å². The molecule has 1 N–H and O–H groups in total. The van der Waals surface area contributed by atoms with Gasteiger partial charge in [-0.2, -0.15) is 5.10 Å². The monoisotopic (exact) mass is 292 g/mol. The van der Waals surface area contributed by atoms with Gasteiger partial charge in [-0.25, -0.2) is 5.43 Å². The fourth-order valence-corrected chi connectivity index (χ4v) is 1.62. The van der Waals surface area contributed by atoms with Crippen LogP contribution >= 0.6 is 0 Å². The zero-order chi connectivity index (χ0) is 15.7. The van der Waals surface area contributed by atoms with Crippen molar-refractivity contribution in [2.45, 2.75) is 33.6 Å². The lowest BCUT2D eigenvalue weighted by molar-refractivity contribution is -0.123. The molecule has 1 aromatic rings. The molecule has 0 radical (unpaired) electrons. The van der Waals surface area contributed by atoms with Crippen molar-refractivity contribution in [3.63, 3.8) is 0 Å². The summed E-state index contributed by atoms with van der Waals surface area (Å²) in [5, 5.41) is 4.06. The number of hydrazone groups is 1. The van der Waals surface area contributed by atoms with Crippen LogP contribution in [0.25, 0.3) is 0 Å². The molecule has 21 heavy (non-hydrogen) atoms. The number of nitrogens with one attached hydrogen (secondary N) is 1. The second-order valence-electron chi connectivity index (χ2n) is 5.25. The van der Waals surface area contributed by atoms with Crippen molar-refractivity contribution in [2.24, 2.45) is 11.0 Å². The molecule has 0 spiro atoms. The second kappa shape index (κ2) is 9.00. The summed E-state index contributed by atoms with van der Waals surface area (Å²) in [6.45, 7) is 6.13. The number of rotatable bonds is 8. The van der Waals surface area contributed by atoms with Gasteiger partial charge < -0.3 is 9.47 Å². The molecule has 0 saturated heterocycles. The lowest BCUT2D eigenvalue weighted by atomic mass is 10.1. The SMILES string of the molecule is COc1ccccc1OCC(=O)N/N=C(/C)CCC(C)C. The van der Waals surface area contributed by atoms with Gasteiger partial charge in [-0.3, -0.25) is 4.79 Å². The van der Waals surface area contributed by atoms with E-state index in [-0.39, 0.29) is 12.5 Å². The molecule has 0 aliphatic rings. The molecule has 0 bridgehead atoms. The number of hydrogen-bond donors (Lipinski definition) is 1. The Bertz CT molecular complexity index is 484. The number of nitrogens with zero attached hydrogens (tertiary/aromatic N) is 1. The lowest BCUT2D eigenvalue weighted by Crippen LogP contribution is -2.25. The zero-order valence-corrected chi connectivity index (χ0v) is 13.2. The molecule has 5 heteroatoms. The number of amides is 1. The van der Waals surface area contributed by atoms with Crippen molar-refractivity contribution in [3.05, 3.63) is 24.3 Å². The maximum Gasteiger partial charge on any atom is 0.277 e. The smallest absolute Gasteiger partial charge is 0.277 e. The number of carbonyl (C=O) groups excluding carboxylic acids is 1. The molecule has 1 aromatic carbocycles. The van der Waals surface area contributed by atoms with Gasteiger partial charge in [0.15, 0.2) is 18.1 Å². The van der Waals surface area contributed by atoms with E-state index in [1.165, 1.54) is 0 Å². The summed E-state index contributed by atoms with van der Waals surface area (Å²) in [4.78, 5) is 11.7. The fourth-order valence-electron chi connectivity index (χ4n) is 1.62. The number of para-hydroxylation sites is 2. The van der Waals surface area contributed by atoms with Crippen LogP contribution in [0.2, 0.25) is 0 Å². The number of methoxy groups -OCH3 is 1. The predicted octanol–water partition coefficient (Wildman–Crippen LogP) is 3.00. The third-order valence-electron chi connectivity index (χ3n) is 2.88. The molecular formula is C16H24N2O3. The van der Waals surface area contributed by atoms with Gasteiger partial charge in [0.2, 0.25) is 0 Å². The van der Waals surface area contributed by atoms with Gasteiger partial charge in [-0.15, -0.1) is 0 Å². The standard InChI is InChI=1S/C16H24N2O3/c1-12(2)9-10-13(3)17-18-16(19)11-21-15-8-6-5-7-14(15)20-4/h5-8,12H,9-11H2,1-4H3,(H,18,19)/b17-13-. The average molecular weight is 292 g/mol. The normalized spacial score (nSPS) is 11.4. The Balaban J connectivity index is 2.39. The highest BCUT2D eigenvalue weighted by molar-refractivity contribution is 5.84. The van der Waals surface area contributed by atoms with Gasteiger partial charge in [-0.1, -0.05) is 26.0 Å². The highest BCUT2D eigenvalue weighted by Gasteiger charge is 2.06. The van der Waals surface area contributed by atoms with Gasteiger partial charge in [-0.05, 0) is 37.8 Å². The fraction of sp³-hybridized carbons (Fsp3) is 0.500. The first kappa shape index (κ1) is 17.0. The van der Waals surface area contributed by atoms with Crippen molar-refractivity contribution >= 4 is 11.6 Å².